The van der Waals surface area contributed by atoms with Gasteiger partial charge >= 0.3 is 0 Å². The Morgan fingerprint density at radius 3 is 2.88 bits per heavy atom. The molecule has 3 aromatic rings. The molecule has 3 aromatic heterocycles. The zero-order chi connectivity index (χ0) is 17.8. The van der Waals surface area contributed by atoms with Crippen molar-refractivity contribution >= 4 is 40.4 Å². The fraction of sp³-hybridized carbons (Fsp3) is 0.308. The van der Waals surface area contributed by atoms with Gasteiger partial charge in [-0.25, -0.2) is 22.9 Å². The highest BCUT2D eigenvalue weighted by molar-refractivity contribution is 7.97. The Kier molecular flexibility index (Phi) is 4.15. The molecular formula is C13H9ClF3N5OS2. The van der Waals surface area contributed by atoms with Crippen LogP contribution in [-0.4, -0.2) is 36.6 Å². The molecule has 0 radical (unpaired) electrons. The number of aromatic nitrogens is 4. The molecule has 0 aromatic carbocycles. The van der Waals surface area contributed by atoms with Crippen LogP contribution < -0.4 is 4.72 Å². The van der Waals surface area contributed by atoms with Crippen LogP contribution in [0.25, 0.3) is 16.3 Å². The van der Waals surface area contributed by atoms with Crippen LogP contribution in [0, 0.1) is 0 Å². The first-order valence-electron chi connectivity index (χ1n) is 6.96. The summed E-state index contributed by atoms with van der Waals surface area (Å²) in [6, 6.07) is 1.63. The average Bonchev–Trinajstić information content (AvgIpc) is 2.99. The maximum atomic E-state index is 13.1. The van der Waals surface area contributed by atoms with Gasteiger partial charge in [0.2, 0.25) is 0 Å². The lowest BCUT2D eigenvalue weighted by Gasteiger charge is -2.10. The fourth-order valence-electron chi connectivity index (χ4n) is 2.13. The van der Waals surface area contributed by atoms with E-state index in [9.17, 15) is 18.3 Å². The summed E-state index contributed by atoms with van der Waals surface area (Å²) in [7, 11) is 0. The number of halogens is 4. The normalized spacial score (nSPS) is 22.9. The average molecular weight is 408 g/mol. The van der Waals surface area contributed by atoms with Gasteiger partial charge < -0.3 is 5.11 Å². The van der Waals surface area contributed by atoms with Crippen LogP contribution in [0.3, 0.4) is 0 Å². The van der Waals surface area contributed by atoms with Gasteiger partial charge in [-0.1, -0.05) is 22.9 Å². The van der Waals surface area contributed by atoms with Gasteiger partial charge in [0.05, 0.1) is 16.7 Å². The Labute approximate surface area is 152 Å². The van der Waals surface area contributed by atoms with Gasteiger partial charge in [0.15, 0.2) is 21.6 Å². The molecule has 1 fully saturated rings. The molecule has 0 bridgehead atoms. The van der Waals surface area contributed by atoms with E-state index >= 15 is 0 Å². The van der Waals surface area contributed by atoms with Crippen molar-refractivity contribution < 1.29 is 18.3 Å². The van der Waals surface area contributed by atoms with Crippen molar-refractivity contribution in [2.24, 2.45) is 0 Å². The van der Waals surface area contributed by atoms with E-state index in [0.29, 0.717) is 21.3 Å². The predicted molar refractivity (Wildman–Crippen MR) is 87.5 cm³/mol. The van der Waals surface area contributed by atoms with E-state index in [1.54, 1.807) is 16.7 Å². The van der Waals surface area contributed by atoms with Crippen molar-refractivity contribution in [2.45, 2.75) is 29.6 Å². The molecule has 4 rings (SSSR count). The van der Waals surface area contributed by atoms with Crippen LogP contribution >= 0.6 is 34.9 Å². The highest BCUT2D eigenvalue weighted by Crippen LogP contribution is 2.39. The SMILES string of the molecule is O[C@]1(NSc2cc(Cl)c3cnc(-c4nnc(C(F)F)s4)n3c2)C[C@H]1F. The van der Waals surface area contributed by atoms with Crippen molar-refractivity contribution in [3.05, 3.63) is 28.5 Å². The number of hydrogen-bond acceptors (Lipinski definition) is 7. The van der Waals surface area contributed by atoms with Gasteiger partial charge in [0.1, 0.15) is 6.17 Å². The molecule has 12 heteroatoms. The summed E-state index contributed by atoms with van der Waals surface area (Å²) in [4.78, 5) is 4.76. The lowest BCUT2D eigenvalue weighted by Crippen LogP contribution is -2.27. The quantitative estimate of drug-likeness (QED) is 0.498. The Morgan fingerprint density at radius 2 is 2.24 bits per heavy atom. The molecule has 0 aliphatic heterocycles. The van der Waals surface area contributed by atoms with Crippen LogP contribution in [0.4, 0.5) is 13.2 Å². The highest BCUT2D eigenvalue weighted by Gasteiger charge is 2.54. The number of hydrogen-bond donors (Lipinski definition) is 2. The highest BCUT2D eigenvalue weighted by atomic mass is 35.5. The topological polar surface area (TPSA) is 75.3 Å². The second kappa shape index (κ2) is 6.09. The second-order valence-electron chi connectivity index (χ2n) is 5.41. The summed E-state index contributed by atoms with van der Waals surface area (Å²) < 4.78 is 42.7. The molecule has 1 aliphatic carbocycles. The first-order chi connectivity index (χ1) is 11.9. The van der Waals surface area contributed by atoms with Crippen LogP contribution in [0.1, 0.15) is 17.9 Å². The molecule has 6 nitrogen and oxygen atoms in total. The predicted octanol–water partition coefficient (Wildman–Crippen LogP) is 3.47. The smallest absolute Gasteiger partial charge is 0.291 e. The molecule has 1 saturated carbocycles. The van der Waals surface area contributed by atoms with E-state index < -0.39 is 23.3 Å². The third-order valence-corrected chi connectivity index (χ3v) is 5.72. The number of fused-ring (bicyclic) bond motifs is 1. The molecule has 0 unspecified atom stereocenters. The van der Waals surface area contributed by atoms with Gasteiger partial charge in [0.25, 0.3) is 6.43 Å². The zero-order valence-corrected chi connectivity index (χ0v) is 14.5. The van der Waals surface area contributed by atoms with Gasteiger partial charge in [-0.3, -0.25) is 4.40 Å². The summed E-state index contributed by atoms with van der Waals surface area (Å²) in [5.41, 5.74) is -0.974. The maximum absolute atomic E-state index is 13.1. The molecular weight excluding hydrogens is 399 g/mol. The van der Waals surface area contributed by atoms with Gasteiger partial charge in [0, 0.05) is 17.5 Å². The number of pyridine rings is 1. The van der Waals surface area contributed by atoms with Crippen molar-refractivity contribution in [3.8, 4) is 10.8 Å². The fourth-order valence-corrected chi connectivity index (χ4v) is 3.98. The van der Waals surface area contributed by atoms with E-state index in [0.717, 1.165) is 23.3 Å². The number of imidazole rings is 1. The van der Waals surface area contributed by atoms with Crippen molar-refractivity contribution in [2.75, 3.05) is 0 Å². The second-order valence-corrected chi connectivity index (χ2v) is 7.70. The maximum Gasteiger partial charge on any atom is 0.291 e. The number of aliphatic hydroxyl groups is 1. The summed E-state index contributed by atoms with van der Waals surface area (Å²) in [6.45, 7) is 0. The summed E-state index contributed by atoms with van der Waals surface area (Å²) >= 11 is 7.98. The molecule has 2 atom stereocenters. The first-order valence-corrected chi connectivity index (χ1v) is 8.97. The Balaban J connectivity index is 1.68. The van der Waals surface area contributed by atoms with E-state index in [2.05, 4.69) is 19.9 Å². The standard InChI is InChI=1S/C13H9ClF3N5OS2/c14-6-1-5(25-21-13(23)2-8(13)15)4-22-7(6)3-18-10(22)12-20-19-11(24-12)9(16)17/h1,3-4,8-9,21,23H,2H2/t8-,13-/m1/s1. The van der Waals surface area contributed by atoms with E-state index in [1.807, 2.05) is 0 Å². The largest absolute Gasteiger partial charge is 0.372 e. The summed E-state index contributed by atoms with van der Waals surface area (Å²) in [5.74, 6) is 0.317. The van der Waals surface area contributed by atoms with Crippen molar-refractivity contribution in [3.63, 3.8) is 0 Å². The van der Waals surface area contributed by atoms with Crippen LogP contribution in [-0.2, 0) is 0 Å². The van der Waals surface area contributed by atoms with Crippen LogP contribution in [0.2, 0.25) is 5.02 Å². The Morgan fingerprint density at radius 1 is 1.48 bits per heavy atom. The third-order valence-electron chi connectivity index (χ3n) is 3.58. The molecule has 3 heterocycles. The number of alkyl halides is 3. The van der Waals surface area contributed by atoms with Gasteiger partial charge in [-0.2, -0.15) is 0 Å². The molecule has 0 amide bonds. The van der Waals surface area contributed by atoms with Crippen LogP contribution in [0.5, 0.6) is 0 Å². The summed E-state index contributed by atoms with van der Waals surface area (Å²) in [6.07, 6.45) is -0.854. The minimum Gasteiger partial charge on any atom is -0.372 e. The molecule has 0 spiro atoms. The van der Waals surface area contributed by atoms with E-state index in [-0.39, 0.29) is 11.4 Å². The van der Waals surface area contributed by atoms with Crippen molar-refractivity contribution in [1.82, 2.24) is 24.3 Å². The molecule has 0 saturated heterocycles. The molecule has 25 heavy (non-hydrogen) atoms. The molecule has 132 valence electrons. The lowest BCUT2D eigenvalue weighted by molar-refractivity contribution is 0.111. The third kappa shape index (κ3) is 3.10. The summed E-state index contributed by atoms with van der Waals surface area (Å²) in [5, 5.41) is 17.1. The monoisotopic (exact) mass is 407 g/mol. The number of nitrogens with zero attached hydrogens (tertiary/aromatic N) is 4. The number of rotatable bonds is 5. The van der Waals surface area contributed by atoms with Crippen LogP contribution in [0.15, 0.2) is 23.4 Å². The van der Waals surface area contributed by atoms with E-state index in [4.69, 9.17) is 11.6 Å². The lowest BCUT2D eigenvalue weighted by atomic mass is 10.4. The van der Waals surface area contributed by atoms with Gasteiger partial charge in [-0.15, -0.1) is 10.2 Å². The molecule has 1 aliphatic rings. The number of nitrogens with one attached hydrogen (secondary N) is 1. The Hall–Kier alpha value is -1.40. The zero-order valence-electron chi connectivity index (χ0n) is 12.2. The first kappa shape index (κ1) is 17.0. The Bertz CT molecular complexity index is 951. The van der Waals surface area contributed by atoms with Gasteiger partial charge in [-0.05, 0) is 18.0 Å². The molecule has 2 N–H and O–H groups in total. The van der Waals surface area contributed by atoms with Crippen molar-refractivity contribution in [1.29, 1.82) is 0 Å². The minimum atomic E-state index is -2.70. The van der Waals surface area contributed by atoms with E-state index in [1.165, 1.54) is 6.20 Å². The minimum absolute atomic E-state index is 0.0213.